The fourth-order valence-electron chi connectivity index (χ4n) is 1.56. The monoisotopic (exact) mass is 238 g/mol. The van der Waals surface area contributed by atoms with Gasteiger partial charge in [-0.1, -0.05) is 0 Å². The Morgan fingerprint density at radius 3 is 2.60 bits per heavy atom. The molecule has 0 aromatic carbocycles. The van der Waals surface area contributed by atoms with E-state index in [9.17, 15) is 0 Å². The minimum atomic E-state index is 0.802. The lowest BCUT2D eigenvalue weighted by molar-refractivity contribution is 0.768. The molecule has 0 atom stereocenters. The topological polar surface area (TPSA) is 20.7 Å². The van der Waals surface area contributed by atoms with E-state index >= 15 is 0 Å². The first kappa shape index (κ1) is 10.6. The highest BCUT2D eigenvalue weighted by Gasteiger charge is 2.04. The average molecular weight is 238 g/mol. The van der Waals surface area contributed by atoms with Crippen molar-refractivity contribution in [1.82, 2.24) is 9.55 Å². The second-order valence-corrected chi connectivity index (χ2v) is 5.50. The molecule has 0 aliphatic heterocycles. The van der Waals surface area contributed by atoms with Gasteiger partial charge in [-0.05, 0) is 44.6 Å². The van der Waals surface area contributed by atoms with E-state index in [2.05, 4.69) is 36.4 Å². The Morgan fingerprint density at radius 2 is 2.13 bits per heavy atom. The minimum Gasteiger partial charge on any atom is -0.337 e. The van der Waals surface area contributed by atoms with Gasteiger partial charge in [0.2, 0.25) is 0 Å². The van der Waals surface area contributed by atoms with Crippen LogP contribution in [0.15, 0.2) is 12.3 Å². The summed E-state index contributed by atoms with van der Waals surface area (Å²) in [5.41, 5.74) is 2.55. The lowest BCUT2D eigenvalue weighted by Gasteiger charge is -2.02. The molecule has 0 radical (unpaired) electrons. The predicted octanol–water partition coefficient (Wildman–Crippen LogP) is 3.58. The zero-order valence-electron chi connectivity index (χ0n) is 9.13. The molecule has 0 aliphatic rings. The number of H-pyrrole nitrogens is 1. The molecular formula is C11H14N2S2. The second-order valence-electron chi connectivity index (χ2n) is 3.77. The van der Waals surface area contributed by atoms with Gasteiger partial charge in [0.1, 0.15) is 0 Å². The van der Waals surface area contributed by atoms with Gasteiger partial charge in [-0.3, -0.25) is 0 Å². The maximum Gasteiger partial charge on any atom is 0.177 e. The molecule has 0 spiro atoms. The number of hydrogen-bond donors (Lipinski definition) is 1. The van der Waals surface area contributed by atoms with E-state index in [4.69, 9.17) is 12.2 Å². The van der Waals surface area contributed by atoms with Crippen LogP contribution >= 0.6 is 23.6 Å². The van der Waals surface area contributed by atoms with Gasteiger partial charge < -0.3 is 9.55 Å². The number of imidazole rings is 1. The van der Waals surface area contributed by atoms with Crippen molar-refractivity contribution in [2.45, 2.75) is 27.3 Å². The number of hydrogen-bond acceptors (Lipinski definition) is 2. The molecule has 0 aliphatic carbocycles. The quantitative estimate of drug-likeness (QED) is 0.793. The van der Waals surface area contributed by atoms with Crippen LogP contribution in [0.3, 0.4) is 0 Å². The number of nitrogens with zero attached hydrogens (tertiary/aromatic N) is 1. The highest BCUT2D eigenvalue weighted by atomic mass is 32.1. The first-order valence-corrected chi connectivity index (χ1v) is 6.11. The lowest BCUT2D eigenvalue weighted by Crippen LogP contribution is -1.99. The summed E-state index contributed by atoms with van der Waals surface area (Å²) in [6, 6.07) is 2.24. The first-order valence-electron chi connectivity index (χ1n) is 4.88. The van der Waals surface area contributed by atoms with Crippen molar-refractivity contribution in [2.24, 2.45) is 0 Å². The highest BCUT2D eigenvalue weighted by Crippen LogP contribution is 2.21. The SMILES string of the molecule is Cc1cc(Cn2c(C)c[nH]c2=S)sc1C. The first-order chi connectivity index (χ1) is 7.08. The van der Waals surface area contributed by atoms with Crippen LogP contribution in [0, 0.1) is 25.5 Å². The molecule has 2 rings (SSSR count). The molecule has 4 heteroatoms. The van der Waals surface area contributed by atoms with Crippen LogP contribution in [0.2, 0.25) is 0 Å². The molecule has 15 heavy (non-hydrogen) atoms. The van der Waals surface area contributed by atoms with Gasteiger partial charge in [0, 0.05) is 21.6 Å². The standard InChI is InChI=1S/C11H14N2S2/c1-7-4-10(15-9(7)3)6-13-8(2)5-12-11(13)14/h4-5H,6H2,1-3H3,(H,12,14). The molecule has 0 saturated carbocycles. The Bertz CT molecular complexity index is 512. The average Bonchev–Trinajstić information content (AvgIpc) is 2.64. The van der Waals surface area contributed by atoms with Gasteiger partial charge in [-0.15, -0.1) is 11.3 Å². The van der Waals surface area contributed by atoms with Crippen LogP contribution in [0.4, 0.5) is 0 Å². The van der Waals surface area contributed by atoms with Gasteiger partial charge >= 0.3 is 0 Å². The third-order valence-electron chi connectivity index (χ3n) is 2.61. The van der Waals surface area contributed by atoms with Gasteiger partial charge in [0.25, 0.3) is 0 Å². The number of thiophene rings is 1. The Kier molecular flexibility index (Phi) is 2.80. The van der Waals surface area contributed by atoms with Crippen LogP contribution < -0.4 is 0 Å². The fraction of sp³-hybridized carbons (Fsp3) is 0.364. The normalized spacial score (nSPS) is 10.9. The largest absolute Gasteiger partial charge is 0.337 e. The Labute approximate surface area is 98.6 Å². The molecular weight excluding hydrogens is 224 g/mol. The van der Waals surface area contributed by atoms with Crippen molar-refractivity contribution in [3.8, 4) is 0 Å². The minimum absolute atomic E-state index is 0.802. The zero-order valence-corrected chi connectivity index (χ0v) is 10.8. The molecule has 80 valence electrons. The smallest absolute Gasteiger partial charge is 0.177 e. The highest BCUT2D eigenvalue weighted by molar-refractivity contribution is 7.71. The van der Waals surface area contributed by atoms with E-state index in [1.54, 1.807) is 0 Å². The summed E-state index contributed by atoms with van der Waals surface area (Å²) in [5, 5.41) is 0. The number of aromatic amines is 1. The van der Waals surface area contributed by atoms with Gasteiger partial charge in [0.05, 0.1) is 6.54 Å². The maximum atomic E-state index is 5.22. The molecule has 0 fully saturated rings. The number of rotatable bonds is 2. The summed E-state index contributed by atoms with van der Waals surface area (Å²) in [6.07, 6.45) is 1.95. The predicted molar refractivity (Wildman–Crippen MR) is 67.2 cm³/mol. The Morgan fingerprint density at radius 1 is 1.40 bits per heavy atom. The van der Waals surface area contributed by atoms with Crippen molar-refractivity contribution in [3.63, 3.8) is 0 Å². The summed E-state index contributed by atoms with van der Waals surface area (Å²) in [4.78, 5) is 5.82. The van der Waals surface area contributed by atoms with E-state index in [0.29, 0.717) is 0 Å². The Balaban J connectivity index is 2.33. The summed E-state index contributed by atoms with van der Waals surface area (Å²) < 4.78 is 2.93. The summed E-state index contributed by atoms with van der Waals surface area (Å²) in [7, 11) is 0. The molecule has 0 bridgehead atoms. The summed E-state index contributed by atoms with van der Waals surface area (Å²) in [5.74, 6) is 0. The molecule has 2 nitrogen and oxygen atoms in total. The molecule has 2 aromatic rings. The van der Waals surface area contributed by atoms with Crippen LogP contribution in [0.5, 0.6) is 0 Å². The van der Waals surface area contributed by atoms with E-state index in [1.807, 2.05) is 17.5 Å². The molecule has 0 unspecified atom stereocenters. The summed E-state index contributed by atoms with van der Waals surface area (Å²) >= 11 is 7.07. The van der Waals surface area contributed by atoms with Crippen LogP contribution in [0.25, 0.3) is 0 Å². The zero-order chi connectivity index (χ0) is 11.0. The molecule has 0 amide bonds. The lowest BCUT2D eigenvalue weighted by atomic mass is 10.3. The summed E-state index contributed by atoms with van der Waals surface area (Å²) in [6.45, 7) is 7.26. The number of nitrogens with one attached hydrogen (secondary N) is 1. The van der Waals surface area contributed by atoms with Crippen molar-refractivity contribution in [1.29, 1.82) is 0 Å². The van der Waals surface area contributed by atoms with Gasteiger partial charge in [-0.2, -0.15) is 0 Å². The van der Waals surface area contributed by atoms with Crippen LogP contribution in [0.1, 0.15) is 21.0 Å². The van der Waals surface area contributed by atoms with Crippen molar-refractivity contribution >= 4 is 23.6 Å². The molecule has 1 N–H and O–H groups in total. The second kappa shape index (κ2) is 3.94. The molecule has 0 saturated heterocycles. The molecule has 2 aromatic heterocycles. The van der Waals surface area contributed by atoms with E-state index in [0.717, 1.165) is 11.3 Å². The van der Waals surface area contributed by atoms with Crippen LogP contribution in [-0.2, 0) is 6.54 Å². The van der Waals surface area contributed by atoms with E-state index < -0.39 is 0 Å². The van der Waals surface area contributed by atoms with Crippen molar-refractivity contribution < 1.29 is 0 Å². The number of aryl methyl sites for hydroxylation is 3. The third-order valence-corrected chi connectivity index (χ3v) is 4.08. The fourth-order valence-corrected chi connectivity index (χ4v) is 2.87. The van der Waals surface area contributed by atoms with E-state index in [-0.39, 0.29) is 0 Å². The molecule has 2 heterocycles. The van der Waals surface area contributed by atoms with Crippen molar-refractivity contribution in [3.05, 3.63) is 38.0 Å². The van der Waals surface area contributed by atoms with Crippen molar-refractivity contribution in [2.75, 3.05) is 0 Å². The van der Waals surface area contributed by atoms with Gasteiger partial charge in [-0.25, -0.2) is 0 Å². The van der Waals surface area contributed by atoms with Crippen LogP contribution in [-0.4, -0.2) is 9.55 Å². The number of aromatic nitrogens is 2. The third kappa shape index (κ3) is 2.06. The Hall–Kier alpha value is -0.870. The maximum absolute atomic E-state index is 5.22. The van der Waals surface area contributed by atoms with Gasteiger partial charge in [0.15, 0.2) is 4.77 Å². The van der Waals surface area contributed by atoms with E-state index in [1.165, 1.54) is 21.0 Å².